The summed E-state index contributed by atoms with van der Waals surface area (Å²) in [7, 11) is 0. The zero-order valence-corrected chi connectivity index (χ0v) is 10.9. The smallest absolute Gasteiger partial charge is 0.275 e. The van der Waals surface area contributed by atoms with Gasteiger partial charge in [-0.05, 0) is 34.7 Å². The Kier molecular flexibility index (Phi) is 3.52. The number of nitrogens with zero attached hydrogens (tertiary/aromatic N) is 2. The van der Waals surface area contributed by atoms with Crippen LogP contribution in [0.15, 0.2) is 36.7 Å². The Labute approximate surface area is 112 Å². The molecule has 1 amide bonds. The van der Waals surface area contributed by atoms with E-state index in [1.807, 2.05) is 24.3 Å². The molecule has 0 bridgehead atoms. The van der Waals surface area contributed by atoms with Crippen molar-refractivity contribution in [3.8, 4) is 0 Å². The van der Waals surface area contributed by atoms with Crippen molar-refractivity contribution in [3.63, 3.8) is 0 Å². The summed E-state index contributed by atoms with van der Waals surface area (Å²) in [5.74, 6) is -0.0162. The first kappa shape index (κ1) is 11.8. The van der Waals surface area contributed by atoms with Crippen molar-refractivity contribution in [2.24, 2.45) is 0 Å². The molecule has 0 saturated heterocycles. The third-order valence-electron chi connectivity index (χ3n) is 2.03. The Morgan fingerprint density at radius 1 is 1.24 bits per heavy atom. The third-order valence-corrected chi connectivity index (χ3v) is 2.97. The highest BCUT2D eigenvalue weighted by atomic mass is 127. The lowest BCUT2D eigenvalue weighted by Crippen LogP contribution is -2.15. The number of benzene rings is 1. The van der Waals surface area contributed by atoms with E-state index < -0.39 is 0 Å². The van der Waals surface area contributed by atoms with Gasteiger partial charge in [0.1, 0.15) is 11.5 Å². The average Bonchev–Trinajstić information content (AvgIpc) is 2.33. The maximum Gasteiger partial charge on any atom is 0.275 e. The number of halogens is 1. The van der Waals surface area contributed by atoms with Crippen LogP contribution in [0.2, 0.25) is 0 Å². The third kappa shape index (κ3) is 2.90. The van der Waals surface area contributed by atoms with Crippen molar-refractivity contribution in [2.45, 2.75) is 0 Å². The first-order chi connectivity index (χ1) is 8.16. The molecule has 1 heterocycles. The van der Waals surface area contributed by atoms with E-state index in [0.29, 0.717) is 0 Å². The second-order valence-corrected chi connectivity index (χ2v) is 4.42. The number of amides is 1. The first-order valence-electron chi connectivity index (χ1n) is 4.80. The van der Waals surface area contributed by atoms with E-state index in [4.69, 9.17) is 5.73 Å². The van der Waals surface area contributed by atoms with E-state index in [2.05, 4.69) is 37.9 Å². The highest BCUT2D eigenvalue weighted by Gasteiger charge is 2.09. The summed E-state index contributed by atoms with van der Waals surface area (Å²) in [6, 6.07) is 7.49. The number of para-hydroxylation sites is 1. The molecule has 0 fully saturated rings. The summed E-state index contributed by atoms with van der Waals surface area (Å²) in [5.41, 5.74) is 6.38. The molecule has 0 radical (unpaired) electrons. The lowest BCUT2D eigenvalue weighted by Gasteiger charge is -2.06. The molecule has 0 spiro atoms. The highest BCUT2D eigenvalue weighted by molar-refractivity contribution is 14.1. The van der Waals surface area contributed by atoms with Crippen LogP contribution in [0.1, 0.15) is 10.5 Å². The average molecular weight is 340 g/mol. The fourth-order valence-corrected chi connectivity index (χ4v) is 1.73. The van der Waals surface area contributed by atoms with Crippen LogP contribution in [0.3, 0.4) is 0 Å². The van der Waals surface area contributed by atoms with E-state index in [9.17, 15) is 4.79 Å². The van der Waals surface area contributed by atoms with Crippen molar-refractivity contribution in [1.82, 2.24) is 9.97 Å². The van der Waals surface area contributed by atoms with Crippen LogP contribution in [-0.4, -0.2) is 15.9 Å². The SMILES string of the molecule is Nc1cnc(C(=O)Nc2ccccc2I)cn1. The number of anilines is 2. The summed E-state index contributed by atoms with van der Waals surface area (Å²) in [6.07, 6.45) is 2.70. The molecule has 86 valence electrons. The van der Waals surface area contributed by atoms with Gasteiger partial charge in [0.15, 0.2) is 0 Å². The minimum atomic E-state index is -0.304. The number of nitrogen functional groups attached to an aromatic ring is 1. The summed E-state index contributed by atoms with van der Waals surface area (Å²) >= 11 is 2.15. The van der Waals surface area contributed by atoms with Crippen LogP contribution in [0.25, 0.3) is 0 Å². The maximum atomic E-state index is 11.8. The summed E-state index contributed by atoms with van der Waals surface area (Å²) in [4.78, 5) is 19.5. The fraction of sp³-hybridized carbons (Fsp3) is 0. The van der Waals surface area contributed by atoms with E-state index in [1.54, 1.807) is 0 Å². The topological polar surface area (TPSA) is 80.9 Å². The lowest BCUT2D eigenvalue weighted by molar-refractivity contribution is 0.102. The zero-order chi connectivity index (χ0) is 12.3. The van der Waals surface area contributed by atoms with Gasteiger partial charge in [-0.1, -0.05) is 12.1 Å². The molecular weight excluding hydrogens is 331 g/mol. The largest absolute Gasteiger partial charge is 0.382 e. The molecule has 0 atom stereocenters. The lowest BCUT2D eigenvalue weighted by atomic mass is 10.3. The van der Waals surface area contributed by atoms with Gasteiger partial charge in [-0.2, -0.15) is 0 Å². The Morgan fingerprint density at radius 2 is 2.00 bits per heavy atom. The molecule has 1 aromatic heterocycles. The summed E-state index contributed by atoms with van der Waals surface area (Å²) in [6.45, 7) is 0. The molecule has 0 aliphatic carbocycles. The van der Waals surface area contributed by atoms with Crippen LogP contribution < -0.4 is 11.1 Å². The zero-order valence-electron chi connectivity index (χ0n) is 8.72. The predicted octanol–water partition coefficient (Wildman–Crippen LogP) is 1.92. The van der Waals surface area contributed by atoms with Gasteiger partial charge in [0.2, 0.25) is 0 Å². The van der Waals surface area contributed by atoms with Crippen LogP contribution in [0.5, 0.6) is 0 Å². The number of hydrogen-bond acceptors (Lipinski definition) is 4. The maximum absolute atomic E-state index is 11.8. The number of carbonyl (C=O) groups excluding carboxylic acids is 1. The van der Waals surface area contributed by atoms with Gasteiger partial charge in [-0.15, -0.1) is 0 Å². The Bertz CT molecular complexity index is 541. The molecule has 5 nitrogen and oxygen atoms in total. The van der Waals surface area contributed by atoms with Gasteiger partial charge >= 0.3 is 0 Å². The van der Waals surface area contributed by atoms with E-state index in [-0.39, 0.29) is 17.4 Å². The second kappa shape index (κ2) is 5.09. The summed E-state index contributed by atoms with van der Waals surface area (Å²) in [5, 5.41) is 2.76. The number of carbonyl (C=O) groups is 1. The Morgan fingerprint density at radius 3 is 2.65 bits per heavy atom. The molecule has 1 aromatic carbocycles. The molecule has 0 unspecified atom stereocenters. The quantitative estimate of drug-likeness (QED) is 0.819. The molecule has 0 saturated carbocycles. The minimum absolute atomic E-state index is 0.235. The van der Waals surface area contributed by atoms with Gasteiger partial charge in [0.05, 0.1) is 18.1 Å². The van der Waals surface area contributed by atoms with Gasteiger partial charge in [0.25, 0.3) is 5.91 Å². The molecule has 6 heteroatoms. The van der Waals surface area contributed by atoms with Crippen molar-refractivity contribution in [1.29, 1.82) is 0 Å². The normalized spacial score (nSPS) is 9.94. The predicted molar refractivity (Wildman–Crippen MR) is 73.6 cm³/mol. The van der Waals surface area contributed by atoms with Crippen LogP contribution >= 0.6 is 22.6 Å². The molecule has 0 aliphatic heterocycles. The molecule has 2 rings (SSSR count). The number of aromatic nitrogens is 2. The monoisotopic (exact) mass is 340 g/mol. The van der Waals surface area contributed by atoms with E-state index in [1.165, 1.54) is 12.4 Å². The van der Waals surface area contributed by atoms with E-state index >= 15 is 0 Å². The van der Waals surface area contributed by atoms with Crippen LogP contribution in [-0.2, 0) is 0 Å². The highest BCUT2D eigenvalue weighted by Crippen LogP contribution is 2.17. The van der Waals surface area contributed by atoms with Crippen molar-refractivity contribution in [2.75, 3.05) is 11.1 Å². The van der Waals surface area contributed by atoms with Crippen molar-refractivity contribution < 1.29 is 4.79 Å². The number of nitrogens with one attached hydrogen (secondary N) is 1. The van der Waals surface area contributed by atoms with Crippen LogP contribution in [0.4, 0.5) is 11.5 Å². The first-order valence-corrected chi connectivity index (χ1v) is 5.88. The van der Waals surface area contributed by atoms with Gasteiger partial charge in [-0.25, -0.2) is 9.97 Å². The van der Waals surface area contributed by atoms with Crippen LogP contribution in [0, 0.1) is 3.57 Å². The van der Waals surface area contributed by atoms with Gasteiger partial charge < -0.3 is 11.1 Å². The summed E-state index contributed by atoms with van der Waals surface area (Å²) < 4.78 is 0.960. The number of hydrogen-bond donors (Lipinski definition) is 2. The second-order valence-electron chi connectivity index (χ2n) is 3.26. The number of nitrogens with two attached hydrogens (primary N) is 1. The molecule has 3 N–H and O–H groups in total. The molecule has 2 aromatic rings. The number of rotatable bonds is 2. The van der Waals surface area contributed by atoms with Gasteiger partial charge in [-0.3, -0.25) is 4.79 Å². The fourth-order valence-electron chi connectivity index (χ4n) is 1.20. The molecule has 0 aliphatic rings. The molecule has 17 heavy (non-hydrogen) atoms. The van der Waals surface area contributed by atoms with Gasteiger partial charge in [0, 0.05) is 3.57 Å². The minimum Gasteiger partial charge on any atom is -0.382 e. The van der Waals surface area contributed by atoms with E-state index in [0.717, 1.165) is 9.26 Å². The standard InChI is InChI=1S/C11H9IN4O/c12-7-3-1-2-4-8(7)16-11(17)9-5-15-10(13)6-14-9/h1-6H,(H2,13,15)(H,16,17). The molecular formula is C11H9IN4O. The Hall–Kier alpha value is -1.70. The van der Waals surface area contributed by atoms with Crippen molar-refractivity contribution >= 4 is 40.0 Å². The Balaban J connectivity index is 2.17. The van der Waals surface area contributed by atoms with Crippen molar-refractivity contribution in [3.05, 3.63) is 45.9 Å².